The van der Waals surface area contributed by atoms with Gasteiger partial charge in [0.15, 0.2) is 0 Å². The van der Waals surface area contributed by atoms with Crippen LogP contribution in [-0.2, 0) is 6.42 Å². The highest BCUT2D eigenvalue weighted by atomic mass is 35.5. The maximum atomic E-state index is 6.23. The molecule has 0 aliphatic carbocycles. The highest BCUT2D eigenvalue weighted by Gasteiger charge is 2.11. The highest BCUT2D eigenvalue weighted by Crippen LogP contribution is 2.38. The van der Waals surface area contributed by atoms with Crippen LogP contribution in [0.3, 0.4) is 0 Å². The molecule has 0 amide bonds. The lowest BCUT2D eigenvalue weighted by Gasteiger charge is -2.14. The third kappa shape index (κ3) is 4.80. The van der Waals surface area contributed by atoms with Crippen LogP contribution in [0.25, 0.3) is 0 Å². The number of halogens is 3. The van der Waals surface area contributed by atoms with Crippen molar-refractivity contribution in [3.63, 3.8) is 0 Å². The molecule has 0 radical (unpaired) electrons. The average Bonchev–Trinajstić information content (AvgIpc) is 2.45. The van der Waals surface area contributed by atoms with Crippen molar-refractivity contribution in [3.05, 3.63) is 57.0 Å². The first-order chi connectivity index (χ1) is 9.99. The van der Waals surface area contributed by atoms with E-state index in [-0.39, 0.29) is 6.04 Å². The summed E-state index contributed by atoms with van der Waals surface area (Å²) < 4.78 is 0. The van der Waals surface area contributed by atoms with Crippen LogP contribution in [0.5, 0.6) is 0 Å². The normalized spacial score (nSPS) is 12.4. The van der Waals surface area contributed by atoms with Crippen molar-refractivity contribution < 1.29 is 0 Å². The van der Waals surface area contributed by atoms with Gasteiger partial charge in [-0.1, -0.05) is 59.6 Å². The largest absolute Gasteiger partial charge is 0.327 e. The zero-order valence-electron chi connectivity index (χ0n) is 11.6. The zero-order valence-corrected chi connectivity index (χ0v) is 14.7. The molecule has 0 bridgehead atoms. The average molecular weight is 361 g/mol. The number of hydrogen-bond acceptors (Lipinski definition) is 2. The van der Waals surface area contributed by atoms with E-state index in [1.165, 1.54) is 5.56 Å². The predicted octanol–water partition coefficient (Wildman–Crippen LogP) is 6.08. The Balaban J connectivity index is 2.33. The van der Waals surface area contributed by atoms with E-state index in [1.807, 2.05) is 24.3 Å². The number of hydrogen-bond donors (Lipinski definition) is 1. The molecular weight excluding hydrogens is 345 g/mol. The van der Waals surface area contributed by atoms with Crippen molar-refractivity contribution in [2.45, 2.75) is 35.6 Å². The molecule has 1 nitrogen and oxygen atoms in total. The lowest BCUT2D eigenvalue weighted by Crippen LogP contribution is -2.21. The Labute approximate surface area is 144 Å². The summed E-state index contributed by atoms with van der Waals surface area (Å²) in [6.07, 6.45) is 1.75. The predicted molar refractivity (Wildman–Crippen MR) is 94.0 cm³/mol. The minimum Gasteiger partial charge on any atom is -0.327 e. The molecule has 5 heteroatoms. The Morgan fingerprint density at radius 3 is 2.29 bits per heavy atom. The van der Waals surface area contributed by atoms with Gasteiger partial charge in [-0.3, -0.25) is 0 Å². The second-order valence-corrected chi connectivity index (χ2v) is 7.17. The van der Waals surface area contributed by atoms with Crippen molar-refractivity contribution in [1.29, 1.82) is 0 Å². The van der Waals surface area contributed by atoms with Gasteiger partial charge in [-0.2, -0.15) is 0 Å². The van der Waals surface area contributed by atoms with Crippen LogP contribution in [0, 0.1) is 0 Å². The minimum atomic E-state index is 0.139. The zero-order chi connectivity index (χ0) is 15.4. The SMILES string of the molecule is CCC(N)Cc1ccc(Cl)cc1Sc1cc(Cl)ccc1Cl. The van der Waals surface area contributed by atoms with Gasteiger partial charge in [-0.25, -0.2) is 0 Å². The summed E-state index contributed by atoms with van der Waals surface area (Å²) in [4.78, 5) is 1.98. The molecule has 0 aliphatic heterocycles. The Hall–Kier alpha value is -0.380. The molecule has 0 spiro atoms. The summed E-state index contributed by atoms with van der Waals surface area (Å²) in [5, 5.41) is 2.04. The molecule has 0 heterocycles. The summed E-state index contributed by atoms with van der Waals surface area (Å²) >= 11 is 20.0. The van der Waals surface area contributed by atoms with Crippen molar-refractivity contribution in [2.24, 2.45) is 5.73 Å². The van der Waals surface area contributed by atoms with Crippen LogP contribution in [0.2, 0.25) is 15.1 Å². The van der Waals surface area contributed by atoms with Crippen LogP contribution >= 0.6 is 46.6 Å². The van der Waals surface area contributed by atoms with Gasteiger partial charge in [0, 0.05) is 25.9 Å². The fourth-order valence-corrected chi connectivity index (χ4v) is 3.66. The van der Waals surface area contributed by atoms with Gasteiger partial charge < -0.3 is 5.73 Å². The van der Waals surface area contributed by atoms with Crippen LogP contribution in [-0.4, -0.2) is 6.04 Å². The fourth-order valence-electron chi connectivity index (χ4n) is 1.89. The fraction of sp³-hybridized carbons (Fsp3) is 0.250. The molecule has 2 N–H and O–H groups in total. The third-order valence-corrected chi connectivity index (χ3v) is 5.22. The summed E-state index contributed by atoms with van der Waals surface area (Å²) in [7, 11) is 0. The monoisotopic (exact) mass is 359 g/mol. The highest BCUT2D eigenvalue weighted by molar-refractivity contribution is 7.99. The Kier molecular flexibility index (Phi) is 6.27. The molecule has 2 aromatic carbocycles. The summed E-state index contributed by atoms with van der Waals surface area (Å²) in [6, 6.07) is 11.4. The van der Waals surface area contributed by atoms with E-state index in [9.17, 15) is 0 Å². The van der Waals surface area contributed by atoms with Crippen molar-refractivity contribution in [3.8, 4) is 0 Å². The second kappa shape index (κ2) is 7.75. The van der Waals surface area contributed by atoms with Gasteiger partial charge >= 0.3 is 0 Å². The maximum absolute atomic E-state index is 6.23. The standard InChI is InChI=1S/C16H16Cl3NS/c1-2-13(20)7-10-3-4-11(17)8-15(10)21-16-9-12(18)5-6-14(16)19/h3-6,8-9,13H,2,7,20H2,1H3. The van der Waals surface area contributed by atoms with Gasteiger partial charge in [0.25, 0.3) is 0 Å². The lowest BCUT2D eigenvalue weighted by molar-refractivity contribution is 0.641. The smallest absolute Gasteiger partial charge is 0.0546 e. The molecule has 0 saturated carbocycles. The van der Waals surface area contributed by atoms with Crippen LogP contribution in [0.4, 0.5) is 0 Å². The first-order valence-corrected chi connectivity index (χ1v) is 8.61. The van der Waals surface area contributed by atoms with E-state index in [4.69, 9.17) is 40.5 Å². The van der Waals surface area contributed by atoms with Crippen molar-refractivity contribution >= 4 is 46.6 Å². The minimum absolute atomic E-state index is 0.139. The van der Waals surface area contributed by atoms with Gasteiger partial charge in [-0.15, -0.1) is 0 Å². The molecule has 1 unspecified atom stereocenters. The number of benzene rings is 2. The molecule has 0 saturated heterocycles. The van der Waals surface area contributed by atoms with E-state index in [2.05, 4.69) is 6.92 Å². The molecule has 0 aliphatic rings. The first kappa shape index (κ1) is 17.0. The summed E-state index contributed by atoms with van der Waals surface area (Å²) in [5.41, 5.74) is 7.25. The van der Waals surface area contributed by atoms with Gasteiger partial charge in [-0.05, 0) is 48.7 Å². The topological polar surface area (TPSA) is 26.0 Å². The van der Waals surface area contributed by atoms with Crippen LogP contribution in [0.15, 0.2) is 46.2 Å². The number of rotatable bonds is 5. The summed E-state index contributed by atoms with van der Waals surface area (Å²) in [5.74, 6) is 0. The van der Waals surface area contributed by atoms with Crippen LogP contribution < -0.4 is 5.73 Å². The van der Waals surface area contributed by atoms with Crippen molar-refractivity contribution in [2.75, 3.05) is 0 Å². The van der Waals surface area contributed by atoms with E-state index in [0.717, 1.165) is 22.6 Å². The van der Waals surface area contributed by atoms with E-state index < -0.39 is 0 Å². The second-order valence-electron chi connectivity index (χ2n) is 4.80. The van der Waals surface area contributed by atoms with E-state index >= 15 is 0 Å². The molecular formula is C16H16Cl3NS. The quantitative estimate of drug-likeness (QED) is 0.699. The Bertz CT molecular complexity index is 631. The maximum Gasteiger partial charge on any atom is 0.0546 e. The molecule has 112 valence electrons. The lowest BCUT2D eigenvalue weighted by atomic mass is 10.1. The molecule has 0 fully saturated rings. The van der Waals surface area contributed by atoms with Gasteiger partial charge in [0.05, 0.1) is 5.02 Å². The molecule has 2 rings (SSSR count). The summed E-state index contributed by atoms with van der Waals surface area (Å²) in [6.45, 7) is 2.08. The van der Waals surface area contributed by atoms with Gasteiger partial charge in [0.2, 0.25) is 0 Å². The molecule has 0 aromatic heterocycles. The van der Waals surface area contributed by atoms with E-state index in [0.29, 0.717) is 15.1 Å². The van der Waals surface area contributed by atoms with Crippen LogP contribution in [0.1, 0.15) is 18.9 Å². The molecule has 2 aromatic rings. The van der Waals surface area contributed by atoms with Crippen molar-refractivity contribution in [1.82, 2.24) is 0 Å². The Morgan fingerprint density at radius 1 is 1.00 bits per heavy atom. The van der Waals surface area contributed by atoms with E-state index in [1.54, 1.807) is 23.9 Å². The number of nitrogens with two attached hydrogens (primary N) is 1. The molecule has 21 heavy (non-hydrogen) atoms. The van der Waals surface area contributed by atoms with Gasteiger partial charge in [0.1, 0.15) is 0 Å². The first-order valence-electron chi connectivity index (χ1n) is 6.66. The Morgan fingerprint density at radius 2 is 1.62 bits per heavy atom. The molecule has 1 atom stereocenters. The third-order valence-electron chi connectivity index (χ3n) is 3.15.